The molecule has 0 aliphatic rings. The van der Waals surface area contributed by atoms with Crippen LogP contribution in [0.3, 0.4) is 0 Å². The van der Waals surface area contributed by atoms with Crippen LogP contribution in [0.1, 0.15) is 76.6 Å². The lowest BCUT2D eigenvalue weighted by molar-refractivity contribution is -0.138. The van der Waals surface area contributed by atoms with Crippen LogP contribution in [0, 0.1) is 10.8 Å². The van der Waals surface area contributed by atoms with E-state index < -0.39 is 11.9 Å². The molecule has 2 rings (SSSR count). The summed E-state index contributed by atoms with van der Waals surface area (Å²) in [5.74, 6) is -1.47. The average molecular weight is 617 g/mol. The summed E-state index contributed by atoms with van der Waals surface area (Å²) in [5, 5.41) is 39.5. The molecular weight excluding hydrogens is 564 g/mol. The van der Waals surface area contributed by atoms with E-state index in [1.54, 1.807) is 24.3 Å². The van der Waals surface area contributed by atoms with Crippen LogP contribution in [-0.2, 0) is 45.0 Å². The van der Waals surface area contributed by atoms with Crippen molar-refractivity contribution in [1.29, 1.82) is 0 Å². The summed E-state index contributed by atoms with van der Waals surface area (Å²) in [7, 11) is 0. The number of aliphatic carboxylic acids is 2. The topological polar surface area (TPSA) is 140 Å². The lowest BCUT2D eigenvalue weighted by atomic mass is 9.99. The molecule has 0 radical (unpaired) electrons. The molecule has 0 fully saturated rings. The van der Waals surface area contributed by atoms with Crippen molar-refractivity contribution in [3.05, 3.63) is 58.7 Å². The molecule has 44 heavy (non-hydrogen) atoms. The largest absolute Gasteiger partial charge is 0.508 e. The van der Waals surface area contributed by atoms with Gasteiger partial charge in [-0.05, 0) is 46.9 Å². The molecular formula is C34H52N2O8. The number of carboxylic acids is 2. The van der Waals surface area contributed by atoms with Crippen molar-refractivity contribution < 1.29 is 39.5 Å². The minimum absolute atomic E-state index is 0.0104. The van der Waals surface area contributed by atoms with Gasteiger partial charge in [0.05, 0.1) is 26.7 Å². The average Bonchev–Trinajstić information content (AvgIpc) is 2.90. The number of ether oxygens (including phenoxy) is 2. The van der Waals surface area contributed by atoms with E-state index in [0.717, 1.165) is 11.1 Å². The lowest BCUT2D eigenvalue weighted by Crippen LogP contribution is -2.38. The zero-order valence-corrected chi connectivity index (χ0v) is 27.3. The van der Waals surface area contributed by atoms with E-state index in [4.69, 9.17) is 19.7 Å². The van der Waals surface area contributed by atoms with Crippen LogP contribution in [0.25, 0.3) is 0 Å². The first-order chi connectivity index (χ1) is 20.5. The number of aromatic hydroxyl groups is 2. The first kappa shape index (κ1) is 37.0. The quantitative estimate of drug-likeness (QED) is 0.150. The van der Waals surface area contributed by atoms with Gasteiger partial charge >= 0.3 is 11.9 Å². The number of phenolic OH excluding ortho intramolecular Hbond substituents is 2. The van der Waals surface area contributed by atoms with Gasteiger partial charge in [-0.3, -0.25) is 19.4 Å². The molecule has 2 aromatic rings. The Labute approximate surface area is 262 Å². The number of hydrogen-bond acceptors (Lipinski definition) is 8. The maximum atomic E-state index is 11.1. The van der Waals surface area contributed by atoms with Crippen LogP contribution in [0.15, 0.2) is 36.4 Å². The van der Waals surface area contributed by atoms with E-state index in [0.29, 0.717) is 76.8 Å². The Morgan fingerprint density at radius 2 is 1.02 bits per heavy atom. The van der Waals surface area contributed by atoms with Crippen molar-refractivity contribution in [3.8, 4) is 11.5 Å². The number of benzene rings is 2. The Balaban J connectivity index is 2.25. The zero-order chi connectivity index (χ0) is 32.9. The zero-order valence-electron chi connectivity index (χ0n) is 27.3. The Bertz CT molecular complexity index is 1110. The third-order valence-electron chi connectivity index (χ3n) is 6.68. The highest BCUT2D eigenvalue weighted by Crippen LogP contribution is 2.24. The molecule has 0 unspecified atom stereocenters. The molecule has 0 saturated heterocycles. The monoisotopic (exact) mass is 616 g/mol. The molecule has 0 spiro atoms. The summed E-state index contributed by atoms with van der Waals surface area (Å²) < 4.78 is 12.1. The SMILES string of the molecule is CC(C)(C)COCN(CCN(COCC(C)(C)C)Cc1cc(CCC(=O)O)ccc1O)Cc1cc(CCC(=O)O)ccc1O. The fourth-order valence-electron chi connectivity index (χ4n) is 4.45. The molecule has 0 aromatic heterocycles. The molecule has 2 aromatic carbocycles. The van der Waals surface area contributed by atoms with Gasteiger partial charge in [-0.1, -0.05) is 65.8 Å². The van der Waals surface area contributed by atoms with Crippen LogP contribution in [0.2, 0.25) is 0 Å². The molecule has 10 heteroatoms. The van der Waals surface area contributed by atoms with Gasteiger partial charge in [0, 0.05) is 50.1 Å². The normalized spacial score (nSPS) is 12.3. The van der Waals surface area contributed by atoms with Crippen LogP contribution < -0.4 is 0 Å². The molecule has 246 valence electrons. The Hall–Kier alpha value is -3.18. The minimum Gasteiger partial charge on any atom is -0.508 e. The maximum Gasteiger partial charge on any atom is 0.303 e. The number of carbonyl (C=O) groups is 2. The van der Waals surface area contributed by atoms with E-state index in [1.165, 1.54) is 0 Å². The number of rotatable bonds is 19. The van der Waals surface area contributed by atoms with Gasteiger partial charge in [0.15, 0.2) is 0 Å². The first-order valence-corrected chi connectivity index (χ1v) is 15.2. The Morgan fingerprint density at radius 3 is 1.34 bits per heavy atom. The molecule has 0 heterocycles. The van der Waals surface area contributed by atoms with Crippen LogP contribution >= 0.6 is 0 Å². The number of phenols is 2. The van der Waals surface area contributed by atoms with Gasteiger partial charge in [-0.15, -0.1) is 0 Å². The first-order valence-electron chi connectivity index (χ1n) is 15.2. The summed E-state index contributed by atoms with van der Waals surface area (Å²) in [6.45, 7) is 16.2. The molecule has 0 aliphatic heterocycles. The Morgan fingerprint density at radius 1 is 0.659 bits per heavy atom. The van der Waals surface area contributed by atoms with Crippen LogP contribution in [0.4, 0.5) is 0 Å². The lowest BCUT2D eigenvalue weighted by Gasteiger charge is -2.30. The minimum atomic E-state index is -0.871. The number of aryl methyl sites for hydroxylation is 2. The van der Waals surface area contributed by atoms with Crippen LogP contribution in [-0.4, -0.2) is 81.9 Å². The van der Waals surface area contributed by atoms with Crippen molar-refractivity contribution in [2.45, 2.75) is 80.3 Å². The number of hydrogen-bond donors (Lipinski definition) is 4. The van der Waals surface area contributed by atoms with Gasteiger partial charge in [0.2, 0.25) is 0 Å². The van der Waals surface area contributed by atoms with E-state index >= 15 is 0 Å². The van der Waals surface area contributed by atoms with Crippen molar-refractivity contribution in [3.63, 3.8) is 0 Å². The van der Waals surface area contributed by atoms with E-state index in [1.807, 2.05) is 12.1 Å². The summed E-state index contributed by atoms with van der Waals surface area (Å²) >= 11 is 0. The molecule has 10 nitrogen and oxygen atoms in total. The second kappa shape index (κ2) is 17.3. The van der Waals surface area contributed by atoms with Crippen molar-refractivity contribution in [2.75, 3.05) is 39.8 Å². The number of carboxylic acid groups (broad SMARTS) is 2. The molecule has 0 atom stereocenters. The molecule has 0 amide bonds. The molecule has 0 aliphatic carbocycles. The highest BCUT2D eigenvalue weighted by Gasteiger charge is 2.18. The van der Waals surface area contributed by atoms with Crippen LogP contribution in [0.5, 0.6) is 11.5 Å². The second-order valence-electron chi connectivity index (χ2n) is 13.9. The predicted molar refractivity (Wildman–Crippen MR) is 169 cm³/mol. The summed E-state index contributed by atoms with van der Waals surface area (Å²) in [6, 6.07) is 10.4. The van der Waals surface area contributed by atoms with Crippen molar-refractivity contribution >= 4 is 11.9 Å². The predicted octanol–water partition coefficient (Wildman–Crippen LogP) is 5.48. The maximum absolute atomic E-state index is 11.1. The molecule has 0 bridgehead atoms. The molecule has 4 N–H and O–H groups in total. The van der Waals surface area contributed by atoms with E-state index in [2.05, 4.69) is 51.3 Å². The van der Waals surface area contributed by atoms with E-state index in [9.17, 15) is 19.8 Å². The highest BCUT2D eigenvalue weighted by atomic mass is 16.5. The van der Waals surface area contributed by atoms with Gasteiger partial charge in [0.1, 0.15) is 11.5 Å². The third-order valence-corrected chi connectivity index (χ3v) is 6.68. The van der Waals surface area contributed by atoms with Gasteiger partial charge in [-0.2, -0.15) is 0 Å². The van der Waals surface area contributed by atoms with Gasteiger partial charge < -0.3 is 29.9 Å². The Kier molecular flexibility index (Phi) is 14.6. The standard InChI is InChI=1S/C34H52N2O8/c1-33(2,3)21-43-23-35(19-27-17-25(7-11-29(27)37)9-13-31(39)40)15-16-36(24-44-22-34(4,5)6)20-28-18-26(8-12-30(28)38)10-14-32(41)42/h7-8,11-12,17-18,37-38H,9-10,13-16,19-24H2,1-6H3,(H,39,40)(H,41,42). The van der Waals surface area contributed by atoms with E-state index in [-0.39, 0.29) is 35.2 Å². The summed E-state index contributed by atoms with van der Waals surface area (Å²) in [5.41, 5.74) is 3.00. The molecule has 0 saturated carbocycles. The smallest absolute Gasteiger partial charge is 0.303 e. The fourth-order valence-corrected chi connectivity index (χ4v) is 4.45. The van der Waals surface area contributed by atoms with Crippen molar-refractivity contribution in [2.24, 2.45) is 10.8 Å². The van der Waals surface area contributed by atoms with Gasteiger partial charge in [-0.25, -0.2) is 0 Å². The summed E-state index contributed by atoms with van der Waals surface area (Å²) in [4.78, 5) is 26.3. The fraction of sp³-hybridized carbons (Fsp3) is 0.588. The van der Waals surface area contributed by atoms with Gasteiger partial charge in [0.25, 0.3) is 0 Å². The second-order valence-corrected chi connectivity index (χ2v) is 13.9. The van der Waals surface area contributed by atoms with Crippen molar-refractivity contribution in [1.82, 2.24) is 9.80 Å². The number of nitrogens with zero attached hydrogens (tertiary/aromatic N) is 2. The summed E-state index contributed by atoms with van der Waals surface area (Å²) in [6.07, 6.45) is 0.765. The highest BCUT2D eigenvalue weighted by molar-refractivity contribution is 5.67. The third kappa shape index (κ3) is 15.5.